The summed E-state index contributed by atoms with van der Waals surface area (Å²) in [5.41, 5.74) is 0. The van der Waals surface area contributed by atoms with Crippen molar-refractivity contribution >= 4 is 29.5 Å². The number of thioether (sulfide) groups is 2. The Bertz CT molecular complexity index is 260. The first-order valence-electron chi connectivity index (χ1n) is 6.25. The van der Waals surface area contributed by atoms with Gasteiger partial charge in [0.2, 0.25) is 0 Å². The van der Waals surface area contributed by atoms with Crippen molar-refractivity contribution in [2.24, 2.45) is 11.8 Å². The molecule has 0 aromatic rings. The number of fused-ring (bicyclic) bond motifs is 2. The quantitative estimate of drug-likeness (QED) is 0.711. The molecule has 4 heteroatoms. The van der Waals surface area contributed by atoms with Crippen LogP contribution in [0.2, 0.25) is 0 Å². The minimum Gasteiger partial charge on any atom is -0.462 e. The van der Waals surface area contributed by atoms with Crippen LogP contribution < -0.4 is 0 Å². The van der Waals surface area contributed by atoms with Crippen LogP contribution in [-0.4, -0.2) is 28.2 Å². The molecular weight excluding hydrogens is 240 g/mol. The van der Waals surface area contributed by atoms with E-state index in [4.69, 9.17) is 4.74 Å². The van der Waals surface area contributed by atoms with E-state index < -0.39 is 0 Å². The van der Waals surface area contributed by atoms with Crippen molar-refractivity contribution in [1.82, 2.24) is 0 Å². The molecule has 1 aliphatic carbocycles. The molecule has 1 saturated carbocycles. The summed E-state index contributed by atoms with van der Waals surface area (Å²) < 4.78 is 6.24. The van der Waals surface area contributed by atoms with Crippen LogP contribution >= 0.6 is 23.5 Å². The fourth-order valence-electron chi connectivity index (χ4n) is 3.18. The molecule has 16 heavy (non-hydrogen) atoms. The molecule has 2 nitrogen and oxygen atoms in total. The van der Waals surface area contributed by atoms with Gasteiger partial charge in [0.05, 0.1) is 4.58 Å². The number of carbonyl (C=O) groups excluding carboxylic acids is 1. The first-order chi connectivity index (χ1) is 7.83. The van der Waals surface area contributed by atoms with Crippen LogP contribution in [0.15, 0.2) is 0 Å². The zero-order valence-electron chi connectivity index (χ0n) is 9.39. The van der Waals surface area contributed by atoms with Crippen LogP contribution in [0.25, 0.3) is 0 Å². The molecule has 0 aromatic heterocycles. The van der Waals surface area contributed by atoms with E-state index in [1.807, 2.05) is 0 Å². The molecule has 90 valence electrons. The maximum atomic E-state index is 11.3. The predicted octanol–water partition coefficient (Wildman–Crippen LogP) is 2.91. The molecule has 3 rings (SSSR count). The highest BCUT2D eigenvalue weighted by Crippen LogP contribution is 2.46. The Kier molecular flexibility index (Phi) is 3.39. The summed E-state index contributed by atoms with van der Waals surface area (Å²) in [6.07, 6.45) is 5.89. The standard InChI is InChI=1S/C12H18O2S2/c13-11-6-8-2-3-10(14-11)9(8)7-12-15-4-1-5-16-12/h8-10,12H,1-7H2/t8-,9+,10-/m1/s1. The van der Waals surface area contributed by atoms with E-state index in [1.165, 1.54) is 30.8 Å². The third-order valence-corrected chi connectivity index (χ3v) is 6.97. The summed E-state index contributed by atoms with van der Waals surface area (Å²) in [6.45, 7) is 0. The maximum absolute atomic E-state index is 11.3. The summed E-state index contributed by atoms with van der Waals surface area (Å²) in [4.78, 5) is 11.3. The van der Waals surface area contributed by atoms with Crippen LogP contribution in [0.1, 0.15) is 32.1 Å². The molecular formula is C12H18O2S2. The van der Waals surface area contributed by atoms with E-state index >= 15 is 0 Å². The molecule has 2 heterocycles. The Morgan fingerprint density at radius 2 is 2.06 bits per heavy atom. The Morgan fingerprint density at radius 3 is 2.81 bits per heavy atom. The Morgan fingerprint density at radius 1 is 1.25 bits per heavy atom. The van der Waals surface area contributed by atoms with Gasteiger partial charge in [-0.1, -0.05) is 0 Å². The molecule has 2 bridgehead atoms. The number of hydrogen-bond acceptors (Lipinski definition) is 4. The van der Waals surface area contributed by atoms with Crippen LogP contribution in [-0.2, 0) is 9.53 Å². The van der Waals surface area contributed by atoms with Crippen molar-refractivity contribution in [2.45, 2.75) is 42.8 Å². The van der Waals surface area contributed by atoms with Crippen molar-refractivity contribution in [3.63, 3.8) is 0 Å². The van der Waals surface area contributed by atoms with Gasteiger partial charge >= 0.3 is 5.97 Å². The van der Waals surface area contributed by atoms with Gasteiger partial charge in [0.15, 0.2) is 0 Å². The molecule has 0 N–H and O–H groups in total. The minimum absolute atomic E-state index is 0.0488. The molecule has 3 aliphatic rings. The van der Waals surface area contributed by atoms with Crippen LogP contribution in [0.3, 0.4) is 0 Å². The molecule has 0 amide bonds. The SMILES string of the molecule is O=C1C[C@H]2CC[C@@H](O1)[C@H]2CC1SCCCS1. The molecule has 2 aliphatic heterocycles. The Labute approximate surface area is 105 Å². The third kappa shape index (κ3) is 2.23. The monoisotopic (exact) mass is 258 g/mol. The highest BCUT2D eigenvalue weighted by atomic mass is 32.2. The molecule has 2 saturated heterocycles. The number of carbonyl (C=O) groups is 1. The van der Waals surface area contributed by atoms with Crippen molar-refractivity contribution in [3.8, 4) is 0 Å². The van der Waals surface area contributed by atoms with E-state index in [0.717, 1.165) is 11.0 Å². The topological polar surface area (TPSA) is 26.3 Å². The van der Waals surface area contributed by atoms with Gasteiger partial charge in [-0.25, -0.2) is 0 Å². The predicted molar refractivity (Wildman–Crippen MR) is 68.6 cm³/mol. The largest absolute Gasteiger partial charge is 0.462 e. The summed E-state index contributed by atoms with van der Waals surface area (Å²) in [6, 6.07) is 0. The zero-order chi connectivity index (χ0) is 11.0. The van der Waals surface area contributed by atoms with E-state index in [0.29, 0.717) is 18.3 Å². The summed E-state index contributed by atoms with van der Waals surface area (Å²) in [5, 5.41) is 0. The molecule has 0 aromatic carbocycles. The molecule has 0 unspecified atom stereocenters. The lowest BCUT2D eigenvalue weighted by atomic mass is 9.88. The average Bonchev–Trinajstić information content (AvgIpc) is 2.54. The summed E-state index contributed by atoms with van der Waals surface area (Å²) >= 11 is 4.22. The van der Waals surface area contributed by atoms with Gasteiger partial charge < -0.3 is 4.74 Å². The van der Waals surface area contributed by atoms with Crippen LogP contribution in [0.5, 0.6) is 0 Å². The fourth-order valence-corrected chi connectivity index (χ4v) is 6.19. The molecule has 0 radical (unpaired) electrons. The minimum atomic E-state index is 0.0488. The fraction of sp³-hybridized carbons (Fsp3) is 0.917. The van der Waals surface area contributed by atoms with Gasteiger partial charge in [-0.15, -0.1) is 23.5 Å². The molecule has 0 spiro atoms. The second-order valence-electron chi connectivity index (χ2n) is 4.99. The first kappa shape index (κ1) is 11.3. The third-order valence-electron chi connectivity index (χ3n) is 3.98. The molecule has 3 fully saturated rings. The maximum Gasteiger partial charge on any atom is 0.306 e. The Balaban J connectivity index is 1.60. The van der Waals surface area contributed by atoms with Crippen molar-refractivity contribution < 1.29 is 9.53 Å². The van der Waals surface area contributed by atoms with Gasteiger partial charge in [0.1, 0.15) is 6.10 Å². The van der Waals surface area contributed by atoms with Gasteiger partial charge in [0.25, 0.3) is 0 Å². The number of esters is 1. The lowest BCUT2D eigenvalue weighted by Gasteiger charge is -2.33. The highest BCUT2D eigenvalue weighted by Gasteiger charge is 2.44. The summed E-state index contributed by atoms with van der Waals surface area (Å²) in [5.74, 6) is 3.99. The van der Waals surface area contributed by atoms with Gasteiger partial charge in [-0.2, -0.15) is 0 Å². The number of hydrogen-bond donors (Lipinski definition) is 0. The van der Waals surface area contributed by atoms with E-state index in [9.17, 15) is 4.79 Å². The lowest BCUT2D eigenvalue weighted by molar-refractivity contribution is -0.157. The number of ether oxygens (including phenoxy) is 1. The van der Waals surface area contributed by atoms with Crippen molar-refractivity contribution in [1.29, 1.82) is 0 Å². The highest BCUT2D eigenvalue weighted by molar-refractivity contribution is 8.17. The average molecular weight is 258 g/mol. The Hall–Kier alpha value is 0.170. The summed E-state index contributed by atoms with van der Waals surface area (Å²) in [7, 11) is 0. The normalized spacial score (nSPS) is 39.8. The zero-order valence-corrected chi connectivity index (χ0v) is 11.0. The van der Waals surface area contributed by atoms with Gasteiger partial charge in [-0.05, 0) is 43.1 Å². The molecule has 3 atom stereocenters. The smallest absolute Gasteiger partial charge is 0.306 e. The lowest BCUT2D eigenvalue weighted by Crippen LogP contribution is -2.34. The second-order valence-corrected chi connectivity index (χ2v) is 7.91. The van der Waals surface area contributed by atoms with E-state index in [-0.39, 0.29) is 12.1 Å². The van der Waals surface area contributed by atoms with Crippen LogP contribution in [0.4, 0.5) is 0 Å². The van der Waals surface area contributed by atoms with Crippen molar-refractivity contribution in [2.75, 3.05) is 11.5 Å². The second kappa shape index (κ2) is 4.81. The van der Waals surface area contributed by atoms with Crippen molar-refractivity contribution in [3.05, 3.63) is 0 Å². The first-order valence-corrected chi connectivity index (χ1v) is 8.35. The van der Waals surface area contributed by atoms with Gasteiger partial charge in [-0.3, -0.25) is 4.79 Å². The van der Waals surface area contributed by atoms with E-state index in [2.05, 4.69) is 23.5 Å². The number of rotatable bonds is 2. The van der Waals surface area contributed by atoms with Crippen LogP contribution in [0, 0.1) is 11.8 Å². The van der Waals surface area contributed by atoms with Gasteiger partial charge in [0, 0.05) is 12.3 Å². The van der Waals surface area contributed by atoms with E-state index in [1.54, 1.807) is 0 Å².